The van der Waals surface area contributed by atoms with Crippen LogP contribution in [0.5, 0.6) is 5.75 Å². The van der Waals surface area contributed by atoms with Crippen molar-refractivity contribution < 1.29 is 18.4 Å². The number of hydrogen-bond donors (Lipinski definition) is 0. The molecule has 1 heterocycles. The van der Waals surface area contributed by atoms with Crippen molar-refractivity contribution in [2.75, 3.05) is 6.61 Å². The molecule has 1 atom stereocenters. The maximum Gasteiger partial charge on any atom is 0.331 e. The lowest BCUT2D eigenvalue weighted by atomic mass is 9.96. The Bertz CT molecular complexity index is 1050. The van der Waals surface area contributed by atoms with E-state index in [0.717, 1.165) is 17.7 Å². The second kappa shape index (κ2) is 11.9. The number of rotatable bonds is 5. The third-order valence-corrected chi connectivity index (χ3v) is 17.1. The lowest BCUT2D eigenvalue weighted by Crippen LogP contribution is -2.44. The van der Waals surface area contributed by atoms with Gasteiger partial charge in [-0.3, -0.25) is 0 Å². The molecular formula is C31H50O4Si2. The smallest absolute Gasteiger partial charge is 0.331 e. The van der Waals surface area contributed by atoms with E-state index in [0.29, 0.717) is 13.0 Å². The van der Waals surface area contributed by atoms with Crippen molar-refractivity contribution in [1.82, 2.24) is 0 Å². The van der Waals surface area contributed by atoms with Crippen molar-refractivity contribution >= 4 is 28.7 Å². The van der Waals surface area contributed by atoms with E-state index in [4.69, 9.17) is 13.6 Å². The molecule has 0 radical (unpaired) electrons. The van der Waals surface area contributed by atoms with Gasteiger partial charge in [-0.1, -0.05) is 77.5 Å². The molecule has 0 saturated heterocycles. The van der Waals surface area contributed by atoms with Gasteiger partial charge in [-0.05, 0) is 79.3 Å². The minimum atomic E-state index is -1.96. The van der Waals surface area contributed by atoms with Gasteiger partial charge in [0.25, 0.3) is 0 Å². The summed E-state index contributed by atoms with van der Waals surface area (Å²) in [5, 5.41) is 0.226. The summed E-state index contributed by atoms with van der Waals surface area (Å²) in [5.74, 6) is 0.638. The zero-order valence-corrected chi connectivity index (χ0v) is 27.4. The molecule has 1 aliphatic heterocycles. The van der Waals surface area contributed by atoms with Crippen LogP contribution >= 0.6 is 0 Å². The third kappa shape index (κ3) is 8.55. The number of carbonyl (C=O) groups excluding carboxylic acids is 1. The van der Waals surface area contributed by atoms with Gasteiger partial charge in [0.1, 0.15) is 11.9 Å². The molecule has 1 unspecified atom stereocenters. The molecule has 4 nitrogen and oxygen atoms in total. The molecule has 0 aromatic heterocycles. The number of benzene rings is 1. The predicted molar refractivity (Wildman–Crippen MR) is 162 cm³/mol. The van der Waals surface area contributed by atoms with E-state index in [9.17, 15) is 4.79 Å². The molecule has 1 aliphatic rings. The zero-order valence-electron chi connectivity index (χ0n) is 25.4. The summed E-state index contributed by atoms with van der Waals surface area (Å²) in [6.07, 6.45) is 10.6. The molecular weight excluding hydrogens is 493 g/mol. The van der Waals surface area contributed by atoms with Gasteiger partial charge < -0.3 is 13.6 Å². The first-order chi connectivity index (χ1) is 16.8. The monoisotopic (exact) mass is 542 g/mol. The summed E-state index contributed by atoms with van der Waals surface area (Å²) < 4.78 is 19.0. The largest absolute Gasteiger partial charge is 0.543 e. The highest BCUT2D eigenvalue weighted by Crippen LogP contribution is 2.39. The molecule has 37 heavy (non-hydrogen) atoms. The topological polar surface area (TPSA) is 44.8 Å². The lowest BCUT2D eigenvalue weighted by molar-refractivity contribution is -0.144. The van der Waals surface area contributed by atoms with Crippen molar-refractivity contribution in [2.24, 2.45) is 0 Å². The maximum absolute atomic E-state index is 12.6. The summed E-state index contributed by atoms with van der Waals surface area (Å²) in [7, 11) is -3.92. The zero-order chi connectivity index (χ0) is 28.2. The van der Waals surface area contributed by atoms with E-state index < -0.39 is 16.6 Å². The van der Waals surface area contributed by atoms with Crippen molar-refractivity contribution in [2.45, 2.75) is 111 Å². The van der Waals surface area contributed by atoms with Gasteiger partial charge in [0, 0.05) is 12.5 Å². The van der Waals surface area contributed by atoms with E-state index in [-0.39, 0.29) is 22.1 Å². The molecule has 0 amide bonds. The standard InChI is InChI=1S/C31H50O4Si2/c1-23-17-19-27-24(2)28(35-37(11,12)31(6,7)8)20-18-25(27)15-13-14-16-29(32)34-26(21-23)22-33-36(9,10)30(3,4)5/h13-18,20,26H,19,21-22H2,1-12H3/b15-13+,16-14+,23-17+. The number of esters is 1. The van der Waals surface area contributed by atoms with Crippen LogP contribution in [0.15, 0.2) is 42.0 Å². The van der Waals surface area contributed by atoms with E-state index in [1.165, 1.54) is 22.8 Å². The SMILES string of the molecule is C/C1=C\Cc2c(ccc(O[Si](C)(C)C(C)(C)C)c2C)/C=C/C=C/C(=O)OC(CO[Si](C)(C)C(C)(C)C)C1. The molecule has 0 aliphatic carbocycles. The maximum atomic E-state index is 12.6. The fourth-order valence-corrected chi connectivity index (χ4v) is 5.70. The number of cyclic esters (lactones) is 1. The van der Waals surface area contributed by atoms with E-state index in [1.807, 2.05) is 6.08 Å². The minimum Gasteiger partial charge on any atom is -0.543 e. The van der Waals surface area contributed by atoms with Gasteiger partial charge in [-0.2, -0.15) is 0 Å². The van der Waals surface area contributed by atoms with Gasteiger partial charge in [-0.25, -0.2) is 4.79 Å². The Morgan fingerprint density at radius 1 is 0.919 bits per heavy atom. The van der Waals surface area contributed by atoms with Crippen molar-refractivity contribution in [1.29, 1.82) is 0 Å². The summed E-state index contributed by atoms with van der Waals surface area (Å²) >= 11 is 0. The van der Waals surface area contributed by atoms with Crippen LogP contribution in [0.25, 0.3) is 6.08 Å². The molecule has 6 heteroatoms. The summed E-state index contributed by atoms with van der Waals surface area (Å²) in [6, 6.07) is 4.23. The Labute approximate surface area is 228 Å². The van der Waals surface area contributed by atoms with Crippen LogP contribution in [0.1, 0.15) is 71.6 Å². The van der Waals surface area contributed by atoms with Gasteiger partial charge in [0.2, 0.25) is 8.32 Å². The number of hydrogen-bond acceptors (Lipinski definition) is 4. The van der Waals surface area contributed by atoms with Crippen LogP contribution in [-0.2, 0) is 20.4 Å². The number of carbonyl (C=O) groups is 1. The highest BCUT2D eigenvalue weighted by Gasteiger charge is 2.39. The molecule has 0 spiro atoms. The van der Waals surface area contributed by atoms with Gasteiger partial charge >= 0.3 is 5.97 Å². The van der Waals surface area contributed by atoms with Crippen molar-refractivity contribution in [3.05, 3.63) is 58.7 Å². The number of allylic oxidation sites excluding steroid dienone is 3. The van der Waals surface area contributed by atoms with Crippen LogP contribution in [0.4, 0.5) is 0 Å². The normalized spacial score (nSPS) is 21.4. The van der Waals surface area contributed by atoms with Gasteiger partial charge in [0.05, 0.1) is 6.61 Å². The summed E-state index contributed by atoms with van der Waals surface area (Å²) in [5.41, 5.74) is 4.75. The Morgan fingerprint density at radius 2 is 1.51 bits per heavy atom. The average molecular weight is 543 g/mol. The fraction of sp³-hybridized carbons (Fsp3) is 0.581. The van der Waals surface area contributed by atoms with E-state index in [1.54, 1.807) is 6.08 Å². The van der Waals surface area contributed by atoms with Crippen LogP contribution in [0.3, 0.4) is 0 Å². The molecule has 2 rings (SSSR count). The number of fused-ring (bicyclic) bond motifs is 1. The molecule has 1 aromatic carbocycles. The Kier molecular flexibility index (Phi) is 10.1. The molecule has 0 fully saturated rings. The van der Waals surface area contributed by atoms with Crippen LogP contribution in [-0.4, -0.2) is 35.3 Å². The van der Waals surface area contributed by atoms with E-state index in [2.05, 4.69) is 106 Å². The van der Waals surface area contributed by atoms with Crippen LogP contribution in [0.2, 0.25) is 36.3 Å². The minimum absolute atomic E-state index is 0.0985. The molecule has 1 aromatic rings. The van der Waals surface area contributed by atoms with Crippen molar-refractivity contribution in [3.8, 4) is 5.75 Å². The first kappa shape index (κ1) is 31.3. The second-order valence-electron chi connectivity index (χ2n) is 13.4. The molecule has 0 saturated carbocycles. The van der Waals surface area contributed by atoms with E-state index >= 15 is 0 Å². The van der Waals surface area contributed by atoms with Gasteiger partial charge in [-0.15, -0.1) is 0 Å². The Balaban J connectivity index is 2.39. The molecule has 0 bridgehead atoms. The lowest BCUT2D eigenvalue weighted by Gasteiger charge is -2.37. The molecule has 0 N–H and O–H groups in total. The predicted octanol–water partition coefficient (Wildman–Crippen LogP) is 8.77. The third-order valence-electron chi connectivity index (χ3n) is 8.30. The highest BCUT2D eigenvalue weighted by atomic mass is 28.4. The van der Waals surface area contributed by atoms with Crippen molar-refractivity contribution in [3.63, 3.8) is 0 Å². The first-order valence-corrected chi connectivity index (χ1v) is 19.3. The summed E-state index contributed by atoms with van der Waals surface area (Å²) in [4.78, 5) is 12.6. The van der Waals surface area contributed by atoms with Crippen LogP contribution in [0, 0.1) is 6.92 Å². The highest BCUT2D eigenvalue weighted by molar-refractivity contribution is 6.75. The Hall–Kier alpha value is -1.90. The number of ether oxygens (including phenoxy) is 1. The van der Waals surface area contributed by atoms with Gasteiger partial charge in [0.15, 0.2) is 8.32 Å². The second-order valence-corrected chi connectivity index (χ2v) is 23.0. The van der Waals surface area contributed by atoms with Crippen LogP contribution < -0.4 is 4.43 Å². The first-order valence-electron chi connectivity index (χ1n) is 13.5. The quantitative estimate of drug-likeness (QED) is 0.212. The summed E-state index contributed by atoms with van der Waals surface area (Å²) in [6.45, 7) is 27.2. The Morgan fingerprint density at radius 3 is 2.11 bits per heavy atom. The fourth-order valence-electron chi connectivity index (χ4n) is 3.59. The average Bonchev–Trinajstić information content (AvgIpc) is 2.75. The molecule has 206 valence electrons.